The summed E-state index contributed by atoms with van der Waals surface area (Å²) in [5.41, 5.74) is 0.774. The molecule has 5 rings (SSSR count). The van der Waals surface area contributed by atoms with Gasteiger partial charge in [-0.25, -0.2) is 19.7 Å². The summed E-state index contributed by atoms with van der Waals surface area (Å²) in [7, 11) is 0.946. The fourth-order valence-corrected chi connectivity index (χ4v) is 5.55. The second-order valence-corrected chi connectivity index (χ2v) is 10.1. The van der Waals surface area contributed by atoms with Crippen molar-refractivity contribution < 1.29 is 27.5 Å². The molecule has 10 nitrogen and oxygen atoms in total. The molecule has 1 aliphatic rings. The number of pyridine rings is 1. The predicted molar refractivity (Wildman–Crippen MR) is 144 cm³/mol. The average molecular weight is 572 g/mol. The first-order valence-corrected chi connectivity index (χ1v) is 13.1. The molecule has 1 fully saturated rings. The molecule has 0 saturated carbocycles. The maximum absolute atomic E-state index is 13.8. The van der Waals surface area contributed by atoms with Crippen LogP contribution in [-0.4, -0.2) is 64.9 Å². The normalized spacial score (nSPS) is 17.2. The first-order chi connectivity index (χ1) is 19.1. The van der Waals surface area contributed by atoms with Crippen LogP contribution >= 0.6 is 11.3 Å². The van der Waals surface area contributed by atoms with Gasteiger partial charge in [-0.15, -0.1) is 0 Å². The van der Waals surface area contributed by atoms with E-state index in [0.717, 1.165) is 17.4 Å². The number of amides is 2. The fraction of sp³-hybridized carbons (Fsp3) is 0.308. The van der Waals surface area contributed by atoms with Crippen LogP contribution in [0.25, 0.3) is 32.6 Å². The Morgan fingerprint density at radius 1 is 1.15 bits per heavy atom. The minimum Gasteiger partial charge on any atom is -0.468 e. The Morgan fingerprint density at radius 2 is 1.93 bits per heavy atom. The molecule has 1 aromatic carbocycles. The summed E-state index contributed by atoms with van der Waals surface area (Å²) in [6.07, 6.45) is -0.527. The number of alkyl halides is 3. The van der Waals surface area contributed by atoms with Crippen molar-refractivity contribution in [3.63, 3.8) is 0 Å². The molecule has 4 heterocycles. The Kier molecular flexibility index (Phi) is 7.27. The van der Waals surface area contributed by atoms with Crippen molar-refractivity contribution >= 4 is 44.6 Å². The molecule has 0 aliphatic carbocycles. The van der Waals surface area contributed by atoms with Crippen LogP contribution in [0, 0.1) is 5.41 Å². The molecule has 0 bridgehead atoms. The van der Waals surface area contributed by atoms with E-state index >= 15 is 0 Å². The number of halogens is 3. The topological polar surface area (TPSA) is 122 Å². The minimum absolute atomic E-state index is 0.0516. The first kappa shape index (κ1) is 27.2. The smallest absolute Gasteiger partial charge is 0.406 e. The van der Waals surface area contributed by atoms with Gasteiger partial charge in [0.2, 0.25) is 5.95 Å². The molecule has 3 aromatic heterocycles. The number of urea groups is 1. The number of nitrogens with one attached hydrogen (secondary N) is 2. The molecule has 1 aliphatic heterocycles. The van der Waals surface area contributed by atoms with Gasteiger partial charge >= 0.3 is 18.2 Å². The molecule has 0 radical (unpaired) electrons. The van der Waals surface area contributed by atoms with E-state index in [4.69, 9.17) is 0 Å². The van der Waals surface area contributed by atoms with E-state index in [2.05, 4.69) is 35.3 Å². The van der Waals surface area contributed by atoms with Gasteiger partial charge in [0.25, 0.3) is 0 Å². The van der Waals surface area contributed by atoms with Crippen LogP contribution in [0.3, 0.4) is 0 Å². The van der Waals surface area contributed by atoms with Crippen molar-refractivity contribution in [2.24, 2.45) is 5.41 Å². The molecule has 1 saturated heterocycles. The number of hydrogen-bond donors (Lipinski definition) is 2. The zero-order valence-corrected chi connectivity index (χ0v) is 22.3. The Bertz CT molecular complexity index is 1550. The van der Waals surface area contributed by atoms with Crippen LogP contribution in [0.15, 0.2) is 48.9 Å². The maximum Gasteiger partial charge on any atom is 0.406 e. The van der Waals surface area contributed by atoms with E-state index in [-0.39, 0.29) is 18.5 Å². The predicted octanol–water partition coefficient (Wildman–Crippen LogP) is 4.89. The van der Waals surface area contributed by atoms with Crippen LogP contribution in [-0.2, 0) is 9.53 Å². The van der Waals surface area contributed by atoms with Gasteiger partial charge in [-0.05, 0) is 43.2 Å². The summed E-state index contributed by atoms with van der Waals surface area (Å²) in [5.74, 6) is -1.24. The number of carbonyl (C=O) groups is 2. The van der Waals surface area contributed by atoms with Gasteiger partial charge in [0.1, 0.15) is 0 Å². The van der Waals surface area contributed by atoms with Gasteiger partial charge in [-0.3, -0.25) is 15.1 Å². The van der Waals surface area contributed by atoms with E-state index in [0.29, 0.717) is 34.0 Å². The summed E-state index contributed by atoms with van der Waals surface area (Å²) in [6, 6.07) is 8.88. The standard InChI is InChI=1S/C26H24F3N7O3S/c1-3-30-23(38)35-24-34-19-11-15(10-17(20(19)40-24)18-6-4-5-8-31-18)16-12-32-22(33-13-16)36-9-7-25(14-36,21(37)39-2)26(27,28)29/h4-6,8,10-13H,3,7,9,14H2,1-2H3,(H2,30,34,35,38). The first-order valence-electron chi connectivity index (χ1n) is 12.3. The highest BCUT2D eigenvalue weighted by Crippen LogP contribution is 2.47. The van der Waals surface area contributed by atoms with Crippen molar-refractivity contribution in [1.82, 2.24) is 25.3 Å². The minimum atomic E-state index is -4.77. The van der Waals surface area contributed by atoms with Gasteiger partial charge in [-0.2, -0.15) is 13.2 Å². The Labute approximate surface area is 230 Å². The zero-order valence-electron chi connectivity index (χ0n) is 21.5. The zero-order chi connectivity index (χ0) is 28.5. The third-order valence-corrected chi connectivity index (χ3v) is 7.65. The van der Waals surface area contributed by atoms with Gasteiger partial charge in [0.15, 0.2) is 10.5 Å². The van der Waals surface area contributed by atoms with Crippen LogP contribution in [0.1, 0.15) is 13.3 Å². The van der Waals surface area contributed by atoms with Crippen molar-refractivity contribution in [3.05, 3.63) is 48.9 Å². The molecular formula is C26H24F3N7O3S. The van der Waals surface area contributed by atoms with Crippen molar-refractivity contribution in [2.75, 3.05) is 37.0 Å². The Morgan fingerprint density at radius 3 is 2.58 bits per heavy atom. The highest BCUT2D eigenvalue weighted by molar-refractivity contribution is 7.22. The maximum atomic E-state index is 13.8. The second-order valence-electron chi connectivity index (χ2n) is 9.11. The summed E-state index contributed by atoms with van der Waals surface area (Å²) in [6.45, 7) is 1.60. The third-order valence-electron chi connectivity index (χ3n) is 6.63. The Balaban J connectivity index is 1.48. The van der Waals surface area contributed by atoms with E-state index < -0.39 is 30.5 Å². The molecule has 40 heavy (non-hydrogen) atoms. The van der Waals surface area contributed by atoms with Gasteiger partial charge in [0, 0.05) is 49.4 Å². The van der Waals surface area contributed by atoms with E-state index in [1.54, 1.807) is 12.3 Å². The summed E-state index contributed by atoms with van der Waals surface area (Å²) >= 11 is 1.31. The number of ether oxygens (including phenoxy) is 1. The number of methoxy groups -OCH3 is 1. The lowest BCUT2D eigenvalue weighted by atomic mass is 9.86. The van der Waals surface area contributed by atoms with Crippen molar-refractivity contribution in [1.29, 1.82) is 0 Å². The van der Waals surface area contributed by atoms with Crippen LogP contribution in [0.4, 0.5) is 29.0 Å². The number of carbonyl (C=O) groups excluding carboxylic acids is 2. The molecule has 2 N–H and O–H groups in total. The molecule has 1 unspecified atom stereocenters. The molecular weight excluding hydrogens is 547 g/mol. The van der Waals surface area contributed by atoms with Crippen LogP contribution in [0.5, 0.6) is 0 Å². The number of hydrogen-bond acceptors (Lipinski definition) is 9. The van der Waals surface area contributed by atoms with E-state index in [1.807, 2.05) is 31.2 Å². The molecule has 1 atom stereocenters. The summed E-state index contributed by atoms with van der Waals surface area (Å²) in [4.78, 5) is 43.1. The van der Waals surface area contributed by atoms with Gasteiger partial charge in [-0.1, -0.05) is 17.4 Å². The fourth-order valence-electron chi connectivity index (χ4n) is 4.59. The number of anilines is 2. The molecule has 0 spiro atoms. The number of benzene rings is 1. The highest BCUT2D eigenvalue weighted by atomic mass is 32.1. The van der Waals surface area contributed by atoms with Crippen LogP contribution < -0.4 is 15.5 Å². The lowest BCUT2D eigenvalue weighted by Gasteiger charge is -2.28. The van der Waals surface area contributed by atoms with Crippen LogP contribution in [0.2, 0.25) is 0 Å². The third kappa shape index (κ3) is 5.01. The number of nitrogens with zero attached hydrogens (tertiary/aromatic N) is 5. The number of esters is 1. The SMILES string of the molecule is CCNC(=O)Nc1nc2cc(-c3cnc(N4CCC(C(=O)OC)(C(F)(F)F)C4)nc3)cc(-c3ccccn3)c2s1. The number of rotatable bonds is 6. The summed E-state index contributed by atoms with van der Waals surface area (Å²) in [5, 5.41) is 5.81. The number of aromatic nitrogens is 4. The number of thiazole rings is 1. The Hall–Kier alpha value is -4.33. The largest absolute Gasteiger partial charge is 0.468 e. The lowest BCUT2D eigenvalue weighted by molar-refractivity contribution is -0.227. The van der Waals surface area contributed by atoms with E-state index in [1.165, 1.54) is 28.6 Å². The average Bonchev–Trinajstić information content (AvgIpc) is 3.58. The quantitative estimate of drug-likeness (QED) is 0.314. The molecule has 2 amide bonds. The second kappa shape index (κ2) is 10.7. The summed E-state index contributed by atoms with van der Waals surface area (Å²) < 4.78 is 46.8. The molecule has 208 valence electrons. The van der Waals surface area contributed by atoms with Gasteiger partial charge in [0.05, 0.1) is 23.0 Å². The highest BCUT2D eigenvalue weighted by Gasteiger charge is 2.64. The lowest BCUT2D eigenvalue weighted by Crippen LogP contribution is -2.48. The van der Waals surface area contributed by atoms with E-state index in [9.17, 15) is 22.8 Å². The molecule has 14 heteroatoms. The van der Waals surface area contributed by atoms with Crippen molar-refractivity contribution in [2.45, 2.75) is 19.5 Å². The van der Waals surface area contributed by atoms with Crippen molar-refractivity contribution in [3.8, 4) is 22.4 Å². The van der Waals surface area contributed by atoms with Gasteiger partial charge < -0.3 is 15.0 Å². The monoisotopic (exact) mass is 571 g/mol. The molecule has 4 aromatic rings. The number of fused-ring (bicyclic) bond motifs is 1.